The van der Waals surface area contributed by atoms with Crippen molar-refractivity contribution in [3.05, 3.63) is 70.5 Å². The number of amides is 3. The minimum atomic E-state index is -0.201. The fourth-order valence-corrected chi connectivity index (χ4v) is 3.33. The zero-order valence-electron chi connectivity index (χ0n) is 16.4. The van der Waals surface area contributed by atoms with Gasteiger partial charge in [-0.15, -0.1) is 0 Å². The molecule has 0 radical (unpaired) electrons. The van der Waals surface area contributed by atoms with Crippen LogP contribution in [0.1, 0.15) is 24.8 Å². The Hall–Kier alpha value is -2.86. The molecule has 3 rings (SSSR count). The van der Waals surface area contributed by atoms with Crippen molar-refractivity contribution in [2.24, 2.45) is 10.9 Å². The van der Waals surface area contributed by atoms with Gasteiger partial charge < -0.3 is 15.5 Å². The summed E-state index contributed by atoms with van der Waals surface area (Å²) in [5.74, 6) is 0.657. The van der Waals surface area contributed by atoms with Crippen LogP contribution in [0.2, 0.25) is 5.02 Å². The SMILES string of the molecule is CN(CCCC(=O)NC1=CC2C=CCC=C2C=N1)C(=O)NCc1ccccc1Cl. The van der Waals surface area contributed by atoms with Crippen LogP contribution >= 0.6 is 11.6 Å². The largest absolute Gasteiger partial charge is 0.334 e. The van der Waals surface area contributed by atoms with Gasteiger partial charge in [-0.3, -0.25) is 4.79 Å². The molecule has 3 amide bonds. The van der Waals surface area contributed by atoms with Gasteiger partial charge >= 0.3 is 6.03 Å². The third-order valence-electron chi connectivity index (χ3n) is 4.81. The molecule has 7 heteroatoms. The molecule has 0 saturated heterocycles. The van der Waals surface area contributed by atoms with Gasteiger partial charge in [-0.2, -0.15) is 0 Å². The summed E-state index contributed by atoms with van der Waals surface area (Å²) in [5.41, 5.74) is 2.03. The highest BCUT2D eigenvalue weighted by molar-refractivity contribution is 6.31. The van der Waals surface area contributed by atoms with Gasteiger partial charge in [-0.25, -0.2) is 9.79 Å². The molecule has 2 N–H and O–H groups in total. The number of fused-ring (bicyclic) bond motifs is 1. The number of rotatable bonds is 7. The number of hydrogen-bond acceptors (Lipinski definition) is 3. The number of benzene rings is 1. The molecule has 0 fully saturated rings. The van der Waals surface area contributed by atoms with E-state index in [2.05, 4.69) is 33.9 Å². The summed E-state index contributed by atoms with van der Waals surface area (Å²) in [6.07, 6.45) is 11.9. The van der Waals surface area contributed by atoms with Gasteiger partial charge in [0.2, 0.25) is 5.91 Å². The van der Waals surface area contributed by atoms with E-state index in [9.17, 15) is 9.59 Å². The molecule has 1 atom stereocenters. The van der Waals surface area contributed by atoms with Crippen LogP contribution in [0.3, 0.4) is 0 Å². The highest BCUT2D eigenvalue weighted by Gasteiger charge is 2.16. The first-order valence-electron chi connectivity index (χ1n) is 9.68. The quantitative estimate of drug-likeness (QED) is 0.668. The van der Waals surface area contributed by atoms with Gasteiger partial charge in [0.1, 0.15) is 5.82 Å². The number of halogens is 1. The number of nitrogens with zero attached hydrogens (tertiary/aromatic N) is 2. The summed E-state index contributed by atoms with van der Waals surface area (Å²) in [5, 5.41) is 6.29. The van der Waals surface area contributed by atoms with Crippen LogP contribution in [0.4, 0.5) is 4.79 Å². The fourth-order valence-electron chi connectivity index (χ4n) is 3.13. The van der Waals surface area contributed by atoms with E-state index < -0.39 is 0 Å². The maximum absolute atomic E-state index is 12.2. The summed E-state index contributed by atoms with van der Waals surface area (Å²) in [6.45, 7) is 0.837. The maximum atomic E-state index is 12.2. The van der Waals surface area contributed by atoms with Crippen molar-refractivity contribution in [3.63, 3.8) is 0 Å². The molecular weight excluding hydrogens is 388 g/mol. The molecule has 2 aliphatic rings. The van der Waals surface area contributed by atoms with E-state index in [1.165, 1.54) is 0 Å². The molecular formula is C22H25ClN4O2. The van der Waals surface area contributed by atoms with E-state index in [0.29, 0.717) is 36.8 Å². The van der Waals surface area contributed by atoms with Crippen molar-refractivity contribution in [1.29, 1.82) is 0 Å². The summed E-state index contributed by atoms with van der Waals surface area (Å²) in [7, 11) is 1.71. The Morgan fingerprint density at radius 2 is 2.14 bits per heavy atom. The lowest BCUT2D eigenvalue weighted by Crippen LogP contribution is -2.37. The second-order valence-electron chi connectivity index (χ2n) is 7.03. The lowest BCUT2D eigenvalue weighted by Gasteiger charge is -2.19. The van der Waals surface area contributed by atoms with Crippen molar-refractivity contribution in [1.82, 2.24) is 15.5 Å². The molecule has 6 nitrogen and oxygen atoms in total. The molecule has 1 aliphatic heterocycles. The Morgan fingerprint density at radius 1 is 1.31 bits per heavy atom. The number of carbonyl (C=O) groups is 2. The molecule has 1 aromatic rings. The van der Waals surface area contributed by atoms with Gasteiger partial charge in [-0.1, -0.05) is 48.0 Å². The van der Waals surface area contributed by atoms with Crippen LogP contribution < -0.4 is 10.6 Å². The number of urea groups is 1. The van der Waals surface area contributed by atoms with E-state index >= 15 is 0 Å². The van der Waals surface area contributed by atoms with Crippen molar-refractivity contribution >= 4 is 29.8 Å². The Labute approximate surface area is 176 Å². The Balaban J connectivity index is 1.37. The van der Waals surface area contributed by atoms with Gasteiger partial charge in [0, 0.05) is 43.7 Å². The van der Waals surface area contributed by atoms with Crippen LogP contribution in [-0.4, -0.2) is 36.6 Å². The Kier molecular flexibility index (Phi) is 7.25. The summed E-state index contributed by atoms with van der Waals surface area (Å²) in [6, 6.07) is 7.19. The van der Waals surface area contributed by atoms with Crippen LogP contribution in [0.25, 0.3) is 0 Å². The number of allylic oxidation sites excluding steroid dienone is 5. The number of nitrogens with one attached hydrogen (secondary N) is 2. The Bertz CT molecular complexity index is 889. The van der Waals surface area contributed by atoms with Crippen LogP contribution in [0.5, 0.6) is 0 Å². The third kappa shape index (κ3) is 6.06. The third-order valence-corrected chi connectivity index (χ3v) is 5.18. The van der Waals surface area contributed by atoms with Crippen molar-refractivity contribution in [3.8, 4) is 0 Å². The molecule has 152 valence electrons. The van der Waals surface area contributed by atoms with Gasteiger partial charge in [0.15, 0.2) is 0 Å². The molecule has 0 bridgehead atoms. The zero-order chi connectivity index (χ0) is 20.6. The number of aliphatic imine (C=N–C) groups is 1. The fraction of sp³-hybridized carbons (Fsp3) is 0.318. The summed E-state index contributed by atoms with van der Waals surface area (Å²) >= 11 is 6.09. The summed E-state index contributed by atoms with van der Waals surface area (Å²) < 4.78 is 0. The minimum absolute atomic E-state index is 0.106. The molecule has 1 aliphatic carbocycles. The average Bonchev–Trinajstić information content (AvgIpc) is 2.72. The first kappa shape index (κ1) is 20.9. The summed E-state index contributed by atoms with van der Waals surface area (Å²) in [4.78, 5) is 30.2. The van der Waals surface area contributed by atoms with Gasteiger partial charge in [-0.05, 0) is 36.1 Å². The maximum Gasteiger partial charge on any atom is 0.317 e. The van der Waals surface area contributed by atoms with Crippen molar-refractivity contribution in [2.75, 3.05) is 13.6 Å². The predicted molar refractivity (Wildman–Crippen MR) is 116 cm³/mol. The van der Waals surface area contributed by atoms with E-state index in [4.69, 9.17) is 11.6 Å². The second kappa shape index (κ2) is 10.1. The topological polar surface area (TPSA) is 73.8 Å². The van der Waals surface area contributed by atoms with E-state index in [-0.39, 0.29) is 17.9 Å². The molecule has 0 spiro atoms. The molecule has 0 saturated carbocycles. The molecule has 29 heavy (non-hydrogen) atoms. The van der Waals surface area contributed by atoms with Crippen molar-refractivity contribution in [2.45, 2.75) is 25.8 Å². The smallest absolute Gasteiger partial charge is 0.317 e. The van der Waals surface area contributed by atoms with E-state index in [1.807, 2.05) is 24.3 Å². The highest BCUT2D eigenvalue weighted by Crippen LogP contribution is 2.23. The van der Waals surface area contributed by atoms with Crippen LogP contribution in [-0.2, 0) is 11.3 Å². The molecule has 1 aromatic carbocycles. The lowest BCUT2D eigenvalue weighted by atomic mass is 9.92. The second-order valence-corrected chi connectivity index (χ2v) is 7.43. The Morgan fingerprint density at radius 3 is 2.97 bits per heavy atom. The zero-order valence-corrected chi connectivity index (χ0v) is 17.2. The monoisotopic (exact) mass is 412 g/mol. The van der Waals surface area contributed by atoms with E-state index in [1.54, 1.807) is 24.2 Å². The number of carbonyl (C=O) groups excluding carboxylic acids is 2. The standard InChI is InChI=1S/C22H25ClN4O2/c1-27(22(29)25-15-18-9-4-5-10-19(18)23)12-6-11-21(28)26-20-13-16-7-2-3-8-17(16)14-24-20/h2,4-5,7-10,13-14,16H,3,6,11-12,15H2,1H3,(H,25,29)(H,26,28). The predicted octanol–water partition coefficient (Wildman–Crippen LogP) is 3.81. The lowest BCUT2D eigenvalue weighted by molar-refractivity contribution is -0.120. The first-order chi connectivity index (χ1) is 14.0. The van der Waals surface area contributed by atoms with Crippen LogP contribution in [0.15, 0.2) is 65.0 Å². The van der Waals surface area contributed by atoms with Gasteiger partial charge in [0.25, 0.3) is 0 Å². The molecule has 1 unspecified atom stereocenters. The normalized spacial score (nSPS) is 17.1. The van der Waals surface area contributed by atoms with Gasteiger partial charge in [0.05, 0.1) is 0 Å². The van der Waals surface area contributed by atoms with Crippen LogP contribution in [0, 0.1) is 5.92 Å². The highest BCUT2D eigenvalue weighted by atomic mass is 35.5. The van der Waals surface area contributed by atoms with Crippen molar-refractivity contribution < 1.29 is 9.59 Å². The first-order valence-corrected chi connectivity index (χ1v) is 10.1. The minimum Gasteiger partial charge on any atom is -0.334 e. The average molecular weight is 413 g/mol. The van der Waals surface area contributed by atoms with E-state index in [0.717, 1.165) is 17.6 Å². The molecule has 1 heterocycles. The number of hydrogen-bond donors (Lipinski definition) is 2. The molecule has 0 aromatic heterocycles.